The number of methoxy groups -OCH3 is 3. The van der Waals surface area contributed by atoms with Gasteiger partial charge in [0.15, 0.2) is 23.0 Å². The molecule has 2 aromatic rings. The van der Waals surface area contributed by atoms with Crippen LogP contribution in [0.1, 0.15) is 15.9 Å². The summed E-state index contributed by atoms with van der Waals surface area (Å²) < 4.78 is 21.1. The fourth-order valence-electron chi connectivity index (χ4n) is 2.16. The summed E-state index contributed by atoms with van der Waals surface area (Å²) in [6.07, 6.45) is 1.56. The van der Waals surface area contributed by atoms with Crippen molar-refractivity contribution in [2.75, 3.05) is 21.3 Å². The van der Waals surface area contributed by atoms with Crippen LogP contribution in [0.2, 0.25) is 0 Å². The maximum atomic E-state index is 12.4. The number of carbonyl (C=O) groups excluding carboxylic acids is 1. The van der Waals surface area contributed by atoms with Gasteiger partial charge in [-0.15, -0.1) is 5.10 Å². The summed E-state index contributed by atoms with van der Waals surface area (Å²) in [5.74, 6) is 0.901. The molecule has 9 heteroatoms. The normalized spacial score (nSPS) is 10.3. The van der Waals surface area contributed by atoms with Gasteiger partial charge in [-0.2, -0.15) is 0 Å². The lowest BCUT2D eigenvalue weighted by molar-refractivity contribution is -0.456. The van der Waals surface area contributed by atoms with Crippen molar-refractivity contribution in [2.24, 2.45) is 16.6 Å². The average Bonchev–Trinajstić information content (AvgIpc) is 2.67. The number of guanidine groups is 1. The third kappa shape index (κ3) is 5.11. The number of nitrogens with one attached hydrogen (secondary N) is 1. The minimum absolute atomic E-state index is 0.0984. The molecular formula is C18H21N4O5+. The van der Waals surface area contributed by atoms with Gasteiger partial charge in [0, 0.05) is 10.7 Å². The molecule has 0 aromatic heterocycles. The highest BCUT2D eigenvalue weighted by Gasteiger charge is 2.15. The Labute approximate surface area is 156 Å². The second kappa shape index (κ2) is 9.09. The minimum atomic E-state index is -0.565. The Kier molecular flexibility index (Phi) is 6.59. The van der Waals surface area contributed by atoms with Crippen LogP contribution in [-0.2, 0) is 0 Å². The Morgan fingerprint density at radius 1 is 0.926 bits per heavy atom. The molecular weight excluding hydrogens is 352 g/mol. The molecule has 0 saturated heterocycles. The van der Waals surface area contributed by atoms with Crippen molar-refractivity contribution in [3.8, 4) is 23.0 Å². The number of benzene rings is 2. The molecule has 0 aliphatic rings. The van der Waals surface area contributed by atoms with E-state index in [1.807, 2.05) is 0 Å². The van der Waals surface area contributed by atoms with Crippen LogP contribution in [0.4, 0.5) is 0 Å². The smallest absolute Gasteiger partial charge is 0.343 e. The highest BCUT2D eigenvalue weighted by Crippen LogP contribution is 2.30. The number of hydrazone groups is 1. The second-order valence-corrected chi connectivity index (χ2v) is 5.18. The topological polar surface area (TPSA) is 132 Å². The zero-order valence-corrected chi connectivity index (χ0v) is 15.2. The van der Waals surface area contributed by atoms with Crippen molar-refractivity contribution in [2.45, 2.75) is 0 Å². The van der Waals surface area contributed by atoms with Gasteiger partial charge in [-0.05, 0) is 36.4 Å². The second-order valence-electron chi connectivity index (χ2n) is 5.18. The molecule has 0 radical (unpaired) electrons. The molecule has 0 fully saturated rings. The number of hydrogen-bond donors (Lipinski definition) is 3. The maximum Gasteiger partial charge on any atom is 0.343 e. The third-order valence-corrected chi connectivity index (χ3v) is 3.43. The highest BCUT2D eigenvalue weighted by molar-refractivity contribution is 5.92. The van der Waals surface area contributed by atoms with Gasteiger partial charge < -0.3 is 30.4 Å². The van der Waals surface area contributed by atoms with Crippen LogP contribution < -0.4 is 35.5 Å². The molecule has 142 valence electrons. The molecule has 0 spiro atoms. The van der Waals surface area contributed by atoms with E-state index in [9.17, 15) is 4.79 Å². The first-order valence-corrected chi connectivity index (χ1v) is 7.78. The number of hydrogen-bond acceptors (Lipinski definition) is 6. The van der Waals surface area contributed by atoms with Crippen LogP contribution in [-0.4, -0.2) is 39.5 Å². The van der Waals surface area contributed by atoms with Gasteiger partial charge in [0.25, 0.3) is 5.96 Å². The van der Waals surface area contributed by atoms with Gasteiger partial charge in [0.1, 0.15) is 0 Å². The summed E-state index contributed by atoms with van der Waals surface area (Å²) in [5.41, 5.74) is 11.5. The molecule has 0 aliphatic carbocycles. The molecule has 5 N–H and O–H groups in total. The highest BCUT2D eigenvalue weighted by atomic mass is 16.6. The number of nitrogens with zero attached hydrogens (tertiary/aromatic N) is 1. The first kappa shape index (κ1) is 19.6. The zero-order chi connectivity index (χ0) is 19.8. The first-order valence-electron chi connectivity index (χ1n) is 7.78. The fraction of sp³-hybridized carbons (Fsp3) is 0.167. The number of ether oxygens (including phenoxy) is 4. The van der Waals surface area contributed by atoms with Crippen LogP contribution in [0.25, 0.3) is 0 Å². The Balaban J connectivity index is 2.22. The summed E-state index contributed by atoms with van der Waals surface area (Å²) in [7, 11) is 4.47. The summed E-state index contributed by atoms with van der Waals surface area (Å²) in [5, 5.41) is 6.22. The van der Waals surface area contributed by atoms with E-state index in [1.54, 1.807) is 36.5 Å². The quantitative estimate of drug-likeness (QED) is 0.198. The number of rotatable bonds is 7. The number of carbonyl (C=O) groups is 1. The van der Waals surface area contributed by atoms with Crippen LogP contribution in [0, 0.1) is 0 Å². The lowest BCUT2D eigenvalue weighted by Gasteiger charge is -2.11. The third-order valence-electron chi connectivity index (χ3n) is 3.43. The molecule has 27 heavy (non-hydrogen) atoms. The van der Waals surface area contributed by atoms with E-state index < -0.39 is 5.97 Å². The predicted octanol–water partition coefficient (Wildman–Crippen LogP) is -0.380. The van der Waals surface area contributed by atoms with E-state index in [0.29, 0.717) is 28.4 Å². The van der Waals surface area contributed by atoms with Gasteiger partial charge >= 0.3 is 5.97 Å². The van der Waals surface area contributed by atoms with Gasteiger partial charge in [-0.3, -0.25) is 0 Å². The zero-order valence-electron chi connectivity index (χ0n) is 15.2. The SMILES string of the molecule is COc1ccc(C(=O)Oc2ccc(/C=[NH+]/N=C(N)N)cc2OC)cc1OC. The first-order chi connectivity index (χ1) is 13.0. The lowest BCUT2D eigenvalue weighted by atomic mass is 10.2. The molecule has 0 amide bonds. The predicted molar refractivity (Wildman–Crippen MR) is 99.4 cm³/mol. The maximum absolute atomic E-state index is 12.4. The van der Waals surface area contributed by atoms with Crippen molar-refractivity contribution < 1.29 is 28.8 Å². The van der Waals surface area contributed by atoms with Crippen molar-refractivity contribution >= 4 is 18.1 Å². The Hall–Kier alpha value is -3.75. The van der Waals surface area contributed by atoms with Crippen molar-refractivity contribution in [1.29, 1.82) is 0 Å². The lowest BCUT2D eigenvalue weighted by Crippen LogP contribution is -2.63. The van der Waals surface area contributed by atoms with Crippen LogP contribution in [0.5, 0.6) is 23.0 Å². The molecule has 0 atom stereocenters. The molecule has 9 nitrogen and oxygen atoms in total. The molecule has 0 aliphatic heterocycles. The van der Waals surface area contributed by atoms with E-state index in [1.165, 1.54) is 27.4 Å². The molecule has 2 rings (SSSR count). The van der Waals surface area contributed by atoms with Gasteiger partial charge in [0.2, 0.25) is 6.21 Å². The van der Waals surface area contributed by atoms with Gasteiger partial charge in [0.05, 0.1) is 26.9 Å². The van der Waals surface area contributed by atoms with Crippen LogP contribution in [0.15, 0.2) is 41.5 Å². The largest absolute Gasteiger partial charge is 0.493 e. The van der Waals surface area contributed by atoms with E-state index >= 15 is 0 Å². The van der Waals surface area contributed by atoms with Gasteiger partial charge in [-0.25, -0.2) is 4.79 Å². The van der Waals surface area contributed by atoms with E-state index in [0.717, 1.165) is 0 Å². The Morgan fingerprint density at radius 3 is 2.19 bits per heavy atom. The summed E-state index contributed by atoms with van der Waals surface area (Å²) >= 11 is 0. The van der Waals surface area contributed by atoms with Crippen molar-refractivity contribution in [1.82, 2.24) is 0 Å². The molecule has 0 bridgehead atoms. The Morgan fingerprint density at radius 2 is 1.56 bits per heavy atom. The molecule has 2 aromatic carbocycles. The monoisotopic (exact) mass is 373 g/mol. The van der Waals surface area contributed by atoms with Crippen molar-refractivity contribution in [3.05, 3.63) is 47.5 Å². The van der Waals surface area contributed by atoms with E-state index in [-0.39, 0.29) is 11.7 Å². The summed E-state index contributed by atoms with van der Waals surface area (Å²) in [6.45, 7) is 0. The standard InChI is InChI=1S/C18H20N4O5/c1-24-13-7-5-12(9-16(13)26-3)17(23)27-14-6-4-11(8-15(14)25-2)10-21-22-18(19)20/h4-10H,1-3H3,(H4,19,20,22)/p+1/b21-10+. The average molecular weight is 373 g/mol. The molecule has 0 unspecified atom stereocenters. The Bertz CT molecular complexity index is 876. The summed E-state index contributed by atoms with van der Waals surface area (Å²) in [4.78, 5) is 12.4. The number of nitrogens with two attached hydrogens (primary N) is 2. The van der Waals surface area contributed by atoms with Gasteiger partial charge in [-0.1, -0.05) is 0 Å². The van der Waals surface area contributed by atoms with E-state index in [4.69, 9.17) is 30.4 Å². The van der Waals surface area contributed by atoms with Crippen LogP contribution >= 0.6 is 0 Å². The minimum Gasteiger partial charge on any atom is -0.493 e. The van der Waals surface area contributed by atoms with Crippen molar-refractivity contribution in [3.63, 3.8) is 0 Å². The fourth-order valence-corrected chi connectivity index (χ4v) is 2.16. The molecule has 0 heterocycles. The summed E-state index contributed by atoms with van der Waals surface area (Å²) in [6, 6.07) is 9.70. The molecule has 0 saturated carbocycles. The number of esters is 1. The van der Waals surface area contributed by atoms with E-state index in [2.05, 4.69) is 10.2 Å². The van der Waals surface area contributed by atoms with Crippen LogP contribution in [0.3, 0.4) is 0 Å².